The minimum atomic E-state index is -0.189. The van der Waals surface area contributed by atoms with Crippen LogP contribution in [0.2, 0.25) is 0 Å². The highest BCUT2D eigenvalue weighted by Crippen LogP contribution is 2.09. The molecule has 1 rings (SSSR count). The molecule has 5 heteroatoms. The van der Waals surface area contributed by atoms with E-state index in [1.54, 1.807) is 6.92 Å². The minimum absolute atomic E-state index is 0.0111. The Hall–Kier alpha value is -1.10. The SMILES string of the molecule is CCOC(=O)CN1CCCC(NC(C)=O)C1. The van der Waals surface area contributed by atoms with E-state index in [1.165, 1.54) is 6.92 Å². The van der Waals surface area contributed by atoms with Crippen LogP contribution in [-0.2, 0) is 14.3 Å². The van der Waals surface area contributed by atoms with E-state index >= 15 is 0 Å². The van der Waals surface area contributed by atoms with Crippen molar-refractivity contribution in [3.8, 4) is 0 Å². The lowest BCUT2D eigenvalue weighted by atomic mass is 10.1. The Morgan fingerprint density at radius 3 is 2.88 bits per heavy atom. The van der Waals surface area contributed by atoms with E-state index < -0.39 is 0 Å². The maximum Gasteiger partial charge on any atom is 0.320 e. The molecule has 1 unspecified atom stereocenters. The van der Waals surface area contributed by atoms with E-state index in [9.17, 15) is 9.59 Å². The quantitative estimate of drug-likeness (QED) is 0.696. The smallest absolute Gasteiger partial charge is 0.320 e. The average molecular weight is 228 g/mol. The monoisotopic (exact) mass is 228 g/mol. The molecule has 0 saturated carbocycles. The highest BCUT2D eigenvalue weighted by Gasteiger charge is 2.22. The van der Waals surface area contributed by atoms with Crippen molar-refractivity contribution in [1.82, 2.24) is 10.2 Å². The third-order valence-electron chi connectivity index (χ3n) is 2.57. The average Bonchev–Trinajstić information content (AvgIpc) is 2.17. The molecule has 1 aliphatic heterocycles. The summed E-state index contributed by atoms with van der Waals surface area (Å²) in [6.45, 7) is 5.69. The second-order valence-electron chi connectivity index (χ2n) is 4.08. The largest absolute Gasteiger partial charge is 0.465 e. The first-order valence-corrected chi connectivity index (χ1v) is 5.77. The second-order valence-corrected chi connectivity index (χ2v) is 4.08. The van der Waals surface area contributed by atoms with Gasteiger partial charge in [0, 0.05) is 19.5 Å². The van der Waals surface area contributed by atoms with Gasteiger partial charge in [-0.25, -0.2) is 0 Å². The van der Waals surface area contributed by atoms with Crippen molar-refractivity contribution in [1.29, 1.82) is 0 Å². The van der Waals surface area contributed by atoms with Crippen molar-refractivity contribution in [3.05, 3.63) is 0 Å². The topological polar surface area (TPSA) is 58.6 Å². The van der Waals surface area contributed by atoms with Crippen LogP contribution in [0.3, 0.4) is 0 Å². The first-order chi connectivity index (χ1) is 7.61. The number of ether oxygens (including phenoxy) is 1. The number of rotatable bonds is 4. The minimum Gasteiger partial charge on any atom is -0.465 e. The number of hydrogen-bond acceptors (Lipinski definition) is 4. The van der Waals surface area contributed by atoms with E-state index in [2.05, 4.69) is 5.32 Å². The summed E-state index contributed by atoms with van der Waals surface area (Å²) in [5.74, 6) is -0.200. The molecule has 16 heavy (non-hydrogen) atoms. The van der Waals surface area contributed by atoms with Crippen molar-refractivity contribution >= 4 is 11.9 Å². The predicted octanol–water partition coefficient (Wildman–Crippen LogP) is 0.150. The van der Waals surface area contributed by atoms with E-state index in [0.29, 0.717) is 13.2 Å². The molecule has 1 heterocycles. The summed E-state index contributed by atoms with van der Waals surface area (Å²) in [7, 11) is 0. The van der Waals surface area contributed by atoms with Gasteiger partial charge in [-0.2, -0.15) is 0 Å². The van der Waals surface area contributed by atoms with Gasteiger partial charge >= 0.3 is 5.97 Å². The molecule has 0 aromatic heterocycles. The van der Waals surface area contributed by atoms with Gasteiger partial charge in [-0.1, -0.05) is 0 Å². The highest BCUT2D eigenvalue weighted by atomic mass is 16.5. The molecule has 1 fully saturated rings. The van der Waals surface area contributed by atoms with Gasteiger partial charge in [0.05, 0.1) is 13.2 Å². The van der Waals surface area contributed by atoms with Crippen LogP contribution < -0.4 is 5.32 Å². The van der Waals surface area contributed by atoms with Crippen LogP contribution in [0.1, 0.15) is 26.7 Å². The van der Waals surface area contributed by atoms with Crippen molar-refractivity contribution in [2.45, 2.75) is 32.7 Å². The zero-order valence-electron chi connectivity index (χ0n) is 9.99. The van der Waals surface area contributed by atoms with Crippen molar-refractivity contribution in [2.75, 3.05) is 26.2 Å². The number of hydrogen-bond donors (Lipinski definition) is 1. The molecule has 1 atom stereocenters. The molecule has 0 aromatic carbocycles. The molecule has 5 nitrogen and oxygen atoms in total. The lowest BCUT2D eigenvalue weighted by Gasteiger charge is -2.32. The van der Waals surface area contributed by atoms with Crippen LogP contribution >= 0.6 is 0 Å². The van der Waals surface area contributed by atoms with Gasteiger partial charge in [0.25, 0.3) is 0 Å². The summed E-state index contributed by atoms with van der Waals surface area (Å²) < 4.78 is 4.89. The number of carbonyl (C=O) groups is 2. The van der Waals surface area contributed by atoms with Crippen LogP contribution in [0.25, 0.3) is 0 Å². The van der Waals surface area contributed by atoms with Crippen LogP contribution in [-0.4, -0.2) is 49.1 Å². The Labute approximate surface area is 96.1 Å². The standard InChI is InChI=1S/C11H20N2O3/c1-3-16-11(15)8-13-6-4-5-10(7-13)12-9(2)14/h10H,3-8H2,1-2H3,(H,12,14). The maximum absolute atomic E-state index is 11.3. The van der Waals surface area contributed by atoms with E-state index in [1.807, 2.05) is 4.90 Å². The molecule has 0 aromatic rings. The first kappa shape index (κ1) is 13.0. The van der Waals surface area contributed by atoms with Crippen molar-refractivity contribution in [2.24, 2.45) is 0 Å². The van der Waals surface area contributed by atoms with E-state index in [4.69, 9.17) is 4.74 Å². The molecule has 1 amide bonds. The zero-order chi connectivity index (χ0) is 12.0. The van der Waals surface area contributed by atoms with Gasteiger partial charge in [0.15, 0.2) is 0 Å². The van der Waals surface area contributed by atoms with Gasteiger partial charge < -0.3 is 10.1 Å². The maximum atomic E-state index is 11.3. The Balaban J connectivity index is 2.32. The predicted molar refractivity (Wildman–Crippen MR) is 59.9 cm³/mol. The highest BCUT2D eigenvalue weighted by molar-refractivity contribution is 5.73. The molecule has 0 radical (unpaired) electrons. The lowest BCUT2D eigenvalue weighted by Crippen LogP contribution is -2.48. The molecular weight excluding hydrogens is 208 g/mol. The number of nitrogens with one attached hydrogen (secondary N) is 1. The van der Waals surface area contributed by atoms with Crippen LogP contribution in [0, 0.1) is 0 Å². The van der Waals surface area contributed by atoms with Crippen LogP contribution in [0.5, 0.6) is 0 Å². The third kappa shape index (κ3) is 4.61. The Bertz CT molecular complexity index is 256. The summed E-state index contributed by atoms with van der Waals surface area (Å²) in [5.41, 5.74) is 0. The van der Waals surface area contributed by atoms with Gasteiger partial charge in [-0.15, -0.1) is 0 Å². The molecule has 0 bridgehead atoms. The Morgan fingerprint density at radius 2 is 2.25 bits per heavy atom. The molecule has 1 saturated heterocycles. The zero-order valence-corrected chi connectivity index (χ0v) is 9.99. The fraction of sp³-hybridized carbons (Fsp3) is 0.818. The van der Waals surface area contributed by atoms with Gasteiger partial charge in [-0.3, -0.25) is 14.5 Å². The van der Waals surface area contributed by atoms with Gasteiger partial charge in [0.1, 0.15) is 0 Å². The van der Waals surface area contributed by atoms with Crippen molar-refractivity contribution in [3.63, 3.8) is 0 Å². The van der Waals surface area contributed by atoms with Crippen LogP contribution in [0.4, 0.5) is 0 Å². The number of amides is 1. The summed E-state index contributed by atoms with van der Waals surface area (Å²) >= 11 is 0. The number of piperidine rings is 1. The van der Waals surface area contributed by atoms with Crippen LogP contribution in [0.15, 0.2) is 0 Å². The normalized spacial score (nSPS) is 21.5. The fourth-order valence-corrected chi connectivity index (χ4v) is 1.99. The summed E-state index contributed by atoms with van der Waals surface area (Å²) in [4.78, 5) is 24.2. The second kappa shape index (κ2) is 6.48. The Kier molecular flexibility index (Phi) is 5.25. The van der Waals surface area contributed by atoms with E-state index in [-0.39, 0.29) is 17.9 Å². The molecule has 1 aliphatic rings. The summed E-state index contributed by atoms with van der Waals surface area (Å²) in [6, 6.07) is 0.167. The molecule has 0 aliphatic carbocycles. The number of carbonyl (C=O) groups excluding carboxylic acids is 2. The lowest BCUT2D eigenvalue weighted by molar-refractivity contribution is -0.144. The van der Waals surface area contributed by atoms with Gasteiger partial charge in [0.2, 0.25) is 5.91 Å². The number of esters is 1. The van der Waals surface area contributed by atoms with E-state index in [0.717, 1.165) is 25.9 Å². The molecule has 1 N–H and O–H groups in total. The number of likely N-dealkylation sites (tertiary alicyclic amines) is 1. The molecule has 92 valence electrons. The fourth-order valence-electron chi connectivity index (χ4n) is 1.99. The third-order valence-corrected chi connectivity index (χ3v) is 2.57. The summed E-state index contributed by atoms with van der Waals surface area (Å²) in [6.07, 6.45) is 1.99. The van der Waals surface area contributed by atoms with Crippen molar-refractivity contribution < 1.29 is 14.3 Å². The molecular formula is C11H20N2O3. The van der Waals surface area contributed by atoms with Gasteiger partial charge in [-0.05, 0) is 26.3 Å². The number of nitrogens with zero attached hydrogens (tertiary/aromatic N) is 1. The summed E-state index contributed by atoms with van der Waals surface area (Å²) in [5, 5.41) is 2.88. The first-order valence-electron chi connectivity index (χ1n) is 5.77. The molecule has 0 spiro atoms. The Morgan fingerprint density at radius 1 is 1.50 bits per heavy atom.